The van der Waals surface area contributed by atoms with Gasteiger partial charge >= 0.3 is 0 Å². The van der Waals surface area contributed by atoms with Gasteiger partial charge in [-0.3, -0.25) is 0 Å². The average molecular weight is 214 g/mol. The standard InChI is InChI=1S/C15H18O/c1-3-13-10-7-11-16-15(13)12(2)14-8-5-4-6-9-14/h3-5,8H,1-2,6-7,9-11H2. The maximum Gasteiger partial charge on any atom is 0.129 e. The van der Waals surface area contributed by atoms with Crippen LogP contribution in [-0.2, 0) is 4.74 Å². The molecule has 0 fully saturated rings. The summed E-state index contributed by atoms with van der Waals surface area (Å²) in [6, 6.07) is 0. The van der Waals surface area contributed by atoms with E-state index in [4.69, 9.17) is 4.74 Å². The Morgan fingerprint density at radius 3 is 2.94 bits per heavy atom. The van der Waals surface area contributed by atoms with E-state index in [1.54, 1.807) is 0 Å². The first-order valence-electron chi connectivity index (χ1n) is 5.86. The minimum Gasteiger partial charge on any atom is -0.493 e. The third-order valence-electron chi connectivity index (χ3n) is 3.05. The summed E-state index contributed by atoms with van der Waals surface area (Å²) in [5, 5.41) is 0. The fourth-order valence-electron chi connectivity index (χ4n) is 2.12. The zero-order valence-corrected chi connectivity index (χ0v) is 9.67. The summed E-state index contributed by atoms with van der Waals surface area (Å²) in [5.41, 5.74) is 3.53. The largest absolute Gasteiger partial charge is 0.493 e. The van der Waals surface area contributed by atoms with Gasteiger partial charge in [-0.05, 0) is 36.8 Å². The van der Waals surface area contributed by atoms with Gasteiger partial charge < -0.3 is 4.74 Å². The second kappa shape index (κ2) is 5.02. The first-order chi connectivity index (χ1) is 7.83. The fourth-order valence-corrected chi connectivity index (χ4v) is 2.12. The van der Waals surface area contributed by atoms with Crippen molar-refractivity contribution in [1.82, 2.24) is 0 Å². The third kappa shape index (κ3) is 2.19. The van der Waals surface area contributed by atoms with E-state index in [2.05, 4.69) is 31.4 Å². The lowest BCUT2D eigenvalue weighted by atomic mass is 9.93. The van der Waals surface area contributed by atoms with Crippen LogP contribution in [0.25, 0.3) is 0 Å². The molecular formula is C15H18O. The van der Waals surface area contributed by atoms with Crippen LogP contribution < -0.4 is 0 Å². The Balaban J connectivity index is 2.25. The number of hydrogen-bond acceptors (Lipinski definition) is 1. The van der Waals surface area contributed by atoms with Crippen molar-refractivity contribution in [3.8, 4) is 0 Å². The van der Waals surface area contributed by atoms with Crippen molar-refractivity contribution in [2.45, 2.75) is 25.7 Å². The molecule has 0 radical (unpaired) electrons. The van der Waals surface area contributed by atoms with E-state index >= 15 is 0 Å². The Morgan fingerprint density at radius 2 is 2.25 bits per heavy atom. The smallest absolute Gasteiger partial charge is 0.129 e. The molecule has 0 N–H and O–H groups in total. The Morgan fingerprint density at radius 1 is 1.38 bits per heavy atom. The molecular weight excluding hydrogens is 196 g/mol. The number of hydrogen-bond donors (Lipinski definition) is 0. The molecule has 0 amide bonds. The molecule has 1 aliphatic carbocycles. The van der Waals surface area contributed by atoms with Crippen LogP contribution >= 0.6 is 0 Å². The van der Waals surface area contributed by atoms with Crippen LogP contribution in [0.2, 0.25) is 0 Å². The lowest BCUT2D eigenvalue weighted by Gasteiger charge is -2.23. The number of ether oxygens (including phenoxy) is 1. The highest BCUT2D eigenvalue weighted by Gasteiger charge is 2.17. The molecule has 0 aromatic heterocycles. The molecule has 0 saturated heterocycles. The molecule has 0 atom stereocenters. The predicted molar refractivity (Wildman–Crippen MR) is 68.0 cm³/mol. The van der Waals surface area contributed by atoms with E-state index < -0.39 is 0 Å². The van der Waals surface area contributed by atoms with Crippen molar-refractivity contribution >= 4 is 0 Å². The molecule has 84 valence electrons. The van der Waals surface area contributed by atoms with Crippen LogP contribution in [-0.4, -0.2) is 6.61 Å². The minimum atomic E-state index is 0.800. The maximum absolute atomic E-state index is 5.74. The van der Waals surface area contributed by atoms with Crippen LogP contribution in [0.3, 0.4) is 0 Å². The third-order valence-corrected chi connectivity index (χ3v) is 3.05. The number of allylic oxidation sites excluding steroid dienone is 6. The molecule has 1 aliphatic heterocycles. The first-order valence-corrected chi connectivity index (χ1v) is 5.86. The van der Waals surface area contributed by atoms with Crippen molar-refractivity contribution in [2.75, 3.05) is 6.61 Å². The lowest BCUT2D eigenvalue weighted by Crippen LogP contribution is -2.09. The van der Waals surface area contributed by atoms with Gasteiger partial charge in [-0.25, -0.2) is 0 Å². The number of rotatable bonds is 3. The summed E-state index contributed by atoms with van der Waals surface area (Å²) in [7, 11) is 0. The first kappa shape index (κ1) is 11.0. The van der Waals surface area contributed by atoms with E-state index in [0.717, 1.165) is 43.6 Å². The molecule has 0 aromatic rings. The summed E-state index contributed by atoms with van der Waals surface area (Å²) in [5.74, 6) is 0.961. The molecule has 16 heavy (non-hydrogen) atoms. The molecule has 1 heterocycles. The molecule has 2 aliphatic rings. The second-order valence-electron chi connectivity index (χ2n) is 4.15. The van der Waals surface area contributed by atoms with Gasteiger partial charge in [0.05, 0.1) is 6.61 Å². The van der Waals surface area contributed by atoms with E-state index in [9.17, 15) is 0 Å². The van der Waals surface area contributed by atoms with E-state index in [-0.39, 0.29) is 0 Å². The van der Waals surface area contributed by atoms with Crippen LogP contribution in [0.1, 0.15) is 25.7 Å². The molecule has 0 unspecified atom stereocenters. The van der Waals surface area contributed by atoms with Crippen LogP contribution in [0.15, 0.2) is 59.9 Å². The predicted octanol–water partition coefficient (Wildman–Crippen LogP) is 4.07. The summed E-state index contributed by atoms with van der Waals surface area (Å²) < 4.78 is 5.74. The SMILES string of the molecule is C=CC1=C(C(=C)C2=CC=CCC2)OCCC1. The van der Waals surface area contributed by atoms with Crippen LogP contribution in [0.4, 0.5) is 0 Å². The lowest BCUT2D eigenvalue weighted by molar-refractivity contribution is 0.198. The van der Waals surface area contributed by atoms with Gasteiger partial charge in [-0.2, -0.15) is 0 Å². The zero-order valence-electron chi connectivity index (χ0n) is 9.67. The van der Waals surface area contributed by atoms with E-state index in [0.29, 0.717) is 0 Å². The summed E-state index contributed by atoms with van der Waals surface area (Å²) >= 11 is 0. The molecule has 0 saturated carbocycles. The minimum absolute atomic E-state index is 0.800. The molecule has 2 rings (SSSR count). The highest BCUT2D eigenvalue weighted by atomic mass is 16.5. The molecule has 0 bridgehead atoms. The Labute approximate surface area is 97.5 Å². The van der Waals surface area contributed by atoms with Gasteiger partial charge in [0, 0.05) is 5.57 Å². The molecule has 0 spiro atoms. The van der Waals surface area contributed by atoms with Crippen molar-refractivity contribution in [3.63, 3.8) is 0 Å². The van der Waals surface area contributed by atoms with Crippen LogP contribution in [0, 0.1) is 0 Å². The van der Waals surface area contributed by atoms with Gasteiger partial charge in [0.25, 0.3) is 0 Å². The summed E-state index contributed by atoms with van der Waals surface area (Å²) in [4.78, 5) is 0. The quantitative estimate of drug-likeness (QED) is 0.688. The van der Waals surface area contributed by atoms with Gasteiger partial charge in [0.1, 0.15) is 5.76 Å². The van der Waals surface area contributed by atoms with Crippen LogP contribution in [0.5, 0.6) is 0 Å². The summed E-state index contributed by atoms with van der Waals surface area (Å²) in [6.07, 6.45) is 12.6. The van der Waals surface area contributed by atoms with Gasteiger partial charge in [0.2, 0.25) is 0 Å². The zero-order chi connectivity index (χ0) is 11.4. The Bertz CT molecular complexity index is 394. The van der Waals surface area contributed by atoms with Crippen molar-refractivity contribution in [1.29, 1.82) is 0 Å². The van der Waals surface area contributed by atoms with E-state index in [1.807, 2.05) is 6.08 Å². The van der Waals surface area contributed by atoms with Crippen molar-refractivity contribution < 1.29 is 4.74 Å². The second-order valence-corrected chi connectivity index (χ2v) is 4.15. The molecule has 1 nitrogen and oxygen atoms in total. The molecule has 0 aromatic carbocycles. The molecule has 1 heteroatoms. The monoisotopic (exact) mass is 214 g/mol. The summed E-state index contributed by atoms with van der Waals surface area (Å²) in [6.45, 7) is 8.82. The van der Waals surface area contributed by atoms with E-state index in [1.165, 1.54) is 11.1 Å². The fraction of sp³-hybridized carbons (Fsp3) is 0.333. The van der Waals surface area contributed by atoms with Crippen molar-refractivity contribution in [2.24, 2.45) is 0 Å². The van der Waals surface area contributed by atoms with Gasteiger partial charge in [-0.15, -0.1) is 0 Å². The Kier molecular flexibility index (Phi) is 3.45. The average Bonchev–Trinajstić information content (AvgIpc) is 2.39. The highest BCUT2D eigenvalue weighted by Crippen LogP contribution is 2.31. The Hall–Kier alpha value is -1.50. The van der Waals surface area contributed by atoms with Gasteiger partial charge in [-0.1, -0.05) is 37.5 Å². The maximum atomic E-state index is 5.74. The highest BCUT2D eigenvalue weighted by molar-refractivity contribution is 5.48. The van der Waals surface area contributed by atoms with Gasteiger partial charge in [0.15, 0.2) is 0 Å². The topological polar surface area (TPSA) is 9.23 Å². The van der Waals surface area contributed by atoms with Crippen molar-refractivity contribution in [3.05, 3.63) is 59.9 Å². The normalized spacial score (nSPS) is 20.1.